The third-order valence-corrected chi connectivity index (χ3v) is 5.52. The fourth-order valence-corrected chi connectivity index (χ4v) is 4.19. The molecule has 2 amide bonds. The second-order valence-electron chi connectivity index (χ2n) is 7.21. The maximum absolute atomic E-state index is 13.2. The van der Waals surface area contributed by atoms with Gasteiger partial charge in [-0.2, -0.15) is 0 Å². The number of hydrogen-bond donors (Lipinski definition) is 1. The minimum atomic E-state index is -0.195. The summed E-state index contributed by atoms with van der Waals surface area (Å²) < 4.78 is 0. The quantitative estimate of drug-likeness (QED) is 0.689. The lowest BCUT2D eigenvalue weighted by Gasteiger charge is -2.45. The van der Waals surface area contributed by atoms with Crippen LogP contribution in [-0.2, 0) is 0 Å². The zero-order chi connectivity index (χ0) is 19.8. The van der Waals surface area contributed by atoms with E-state index in [2.05, 4.69) is 20.2 Å². The molecule has 5 rings (SSSR count). The van der Waals surface area contributed by atoms with Crippen molar-refractivity contribution in [3.8, 4) is 11.3 Å². The minimum Gasteiger partial charge on any atom is -0.366 e. The average Bonchev–Trinajstić information content (AvgIpc) is 2.74. The summed E-state index contributed by atoms with van der Waals surface area (Å²) in [4.78, 5) is 30.4. The second kappa shape index (κ2) is 7.33. The zero-order valence-corrected chi connectivity index (χ0v) is 16.4. The Morgan fingerprint density at radius 2 is 2.10 bits per heavy atom. The molecule has 1 atom stereocenters. The van der Waals surface area contributed by atoms with Crippen LogP contribution in [-0.4, -0.2) is 40.1 Å². The van der Waals surface area contributed by atoms with Crippen molar-refractivity contribution in [1.29, 1.82) is 0 Å². The average molecular weight is 407 g/mol. The highest BCUT2D eigenvalue weighted by atomic mass is 35.5. The lowest BCUT2D eigenvalue weighted by atomic mass is 9.99. The molecule has 0 aliphatic carbocycles. The molecule has 7 nitrogen and oxygen atoms in total. The highest BCUT2D eigenvalue weighted by Crippen LogP contribution is 2.39. The first-order chi connectivity index (χ1) is 14.2. The van der Waals surface area contributed by atoms with Gasteiger partial charge in [0.15, 0.2) is 5.82 Å². The van der Waals surface area contributed by atoms with Gasteiger partial charge in [0.05, 0.1) is 34.3 Å². The van der Waals surface area contributed by atoms with Crippen LogP contribution in [0.25, 0.3) is 11.3 Å². The van der Waals surface area contributed by atoms with Crippen LogP contribution in [0, 0.1) is 0 Å². The number of nitrogens with one attached hydrogen (secondary N) is 1. The van der Waals surface area contributed by atoms with Gasteiger partial charge < -0.3 is 10.2 Å². The van der Waals surface area contributed by atoms with Gasteiger partial charge in [0.25, 0.3) is 0 Å². The van der Waals surface area contributed by atoms with Crippen LogP contribution >= 0.6 is 11.6 Å². The number of nitrogens with zero attached hydrogens (tertiary/aromatic N) is 5. The van der Waals surface area contributed by atoms with E-state index in [-0.39, 0.29) is 12.1 Å². The Morgan fingerprint density at radius 3 is 2.93 bits per heavy atom. The van der Waals surface area contributed by atoms with E-state index in [9.17, 15) is 4.79 Å². The Bertz CT molecular complexity index is 1060. The van der Waals surface area contributed by atoms with E-state index < -0.39 is 0 Å². The summed E-state index contributed by atoms with van der Waals surface area (Å²) in [5, 5.41) is 3.51. The number of aromatic nitrogens is 3. The second-order valence-corrected chi connectivity index (χ2v) is 7.65. The molecule has 2 aliphatic rings. The molecule has 29 heavy (non-hydrogen) atoms. The number of urea groups is 1. The Labute approximate surface area is 173 Å². The van der Waals surface area contributed by atoms with Crippen molar-refractivity contribution in [3.05, 3.63) is 60.1 Å². The molecule has 8 heteroatoms. The summed E-state index contributed by atoms with van der Waals surface area (Å²) in [6, 6.07) is 9.32. The molecule has 1 N–H and O–H groups in total. The molecule has 0 unspecified atom stereocenters. The van der Waals surface area contributed by atoms with Gasteiger partial charge in [-0.3, -0.25) is 14.9 Å². The standard InChI is InChI=1S/C21H19ClN6O/c22-15-9-14(10-24-11-15)18-5-6-19-20(26-18)28(17-4-2-8-27(19)13-17)21(29)25-16-3-1-7-23-12-16/h1,3,5-7,9-12,17H,2,4,8,13H2,(H,25,29)/t17-/m0/s1. The van der Waals surface area contributed by atoms with Crippen LogP contribution in [0.2, 0.25) is 5.02 Å². The fourth-order valence-electron chi connectivity index (χ4n) is 4.02. The molecule has 1 saturated heterocycles. The van der Waals surface area contributed by atoms with Gasteiger partial charge in [-0.05, 0) is 43.2 Å². The number of piperidine rings is 1. The first-order valence-corrected chi connectivity index (χ1v) is 9.94. The molecule has 1 fully saturated rings. The molecule has 5 heterocycles. The molecule has 3 aromatic rings. The van der Waals surface area contributed by atoms with Crippen LogP contribution in [0.1, 0.15) is 12.8 Å². The van der Waals surface area contributed by atoms with Crippen LogP contribution in [0.15, 0.2) is 55.1 Å². The predicted octanol–water partition coefficient (Wildman–Crippen LogP) is 4.21. The number of hydrogen-bond acceptors (Lipinski definition) is 5. The molecule has 3 aromatic heterocycles. The Hall–Kier alpha value is -3.19. The van der Waals surface area contributed by atoms with Crippen molar-refractivity contribution in [3.63, 3.8) is 0 Å². The monoisotopic (exact) mass is 406 g/mol. The van der Waals surface area contributed by atoms with Crippen molar-refractivity contribution in [2.45, 2.75) is 18.9 Å². The largest absolute Gasteiger partial charge is 0.366 e. The van der Waals surface area contributed by atoms with Crippen LogP contribution in [0.3, 0.4) is 0 Å². The van der Waals surface area contributed by atoms with Gasteiger partial charge in [-0.15, -0.1) is 0 Å². The van der Waals surface area contributed by atoms with Gasteiger partial charge >= 0.3 is 6.03 Å². The maximum Gasteiger partial charge on any atom is 0.327 e. The van der Waals surface area contributed by atoms with Gasteiger partial charge in [-0.25, -0.2) is 9.78 Å². The number of rotatable bonds is 2. The van der Waals surface area contributed by atoms with Gasteiger partial charge in [0.2, 0.25) is 0 Å². The van der Waals surface area contributed by atoms with Gasteiger partial charge in [-0.1, -0.05) is 11.6 Å². The third-order valence-electron chi connectivity index (χ3n) is 5.32. The van der Waals surface area contributed by atoms with E-state index in [0.29, 0.717) is 16.5 Å². The molecule has 146 valence electrons. The molecule has 2 aliphatic heterocycles. The van der Waals surface area contributed by atoms with Gasteiger partial charge in [0, 0.05) is 37.2 Å². The van der Waals surface area contributed by atoms with E-state index in [1.807, 2.05) is 24.3 Å². The summed E-state index contributed by atoms with van der Waals surface area (Å²) in [5.74, 6) is 0.666. The third kappa shape index (κ3) is 3.38. The lowest BCUT2D eigenvalue weighted by Crippen LogP contribution is -2.56. The Balaban J connectivity index is 1.56. The lowest BCUT2D eigenvalue weighted by molar-refractivity contribution is 0.252. The summed E-state index contributed by atoms with van der Waals surface area (Å²) in [5.41, 5.74) is 3.19. The molecule has 0 aromatic carbocycles. The maximum atomic E-state index is 13.2. The predicted molar refractivity (Wildman–Crippen MR) is 113 cm³/mol. The normalized spacial score (nSPS) is 17.6. The van der Waals surface area contributed by atoms with E-state index in [1.165, 1.54) is 0 Å². The number of amides is 2. The summed E-state index contributed by atoms with van der Waals surface area (Å²) >= 11 is 6.11. The molecular weight excluding hydrogens is 388 g/mol. The smallest absolute Gasteiger partial charge is 0.327 e. The molecule has 0 saturated carbocycles. The summed E-state index contributed by atoms with van der Waals surface area (Å²) in [6.45, 7) is 1.79. The van der Waals surface area contributed by atoms with E-state index in [1.54, 1.807) is 35.8 Å². The molecule has 0 radical (unpaired) electrons. The van der Waals surface area contributed by atoms with Crippen LogP contribution in [0.5, 0.6) is 0 Å². The van der Waals surface area contributed by atoms with E-state index >= 15 is 0 Å². The van der Waals surface area contributed by atoms with Crippen LogP contribution < -0.4 is 15.1 Å². The number of pyridine rings is 3. The number of carbonyl (C=O) groups excluding carboxylic acids is 1. The molecule has 2 bridgehead atoms. The Morgan fingerprint density at radius 1 is 1.17 bits per heavy atom. The minimum absolute atomic E-state index is 0.0770. The van der Waals surface area contributed by atoms with Crippen molar-refractivity contribution < 1.29 is 4.79 Å². The number of halogens is 1. The highest BCUT2D eigenvalue weighted by Gasteiger charge is 2.38. The van der Waals surface area contributed by atoms with Crippen molar-refractivity contribution >= 4 is 34.8 Å². The number of anilines is 3. The topological polar surface area (TPSA) is 74.2 Å². The number of fused-ring (bicyclic) bond motifs is 4. The number of carbonyl (C=O) groups is 1. The summed E-state index contributed by atoms with van der Waals surface area (Å²) in [6.07, 6.45) is 8.62. The first-order valence-electron chi connectivity index (χ1n) is 9.56. The van der Waals surface area contributed by atoms with Crippen molar-refractivity contribution in [1.82, 2.24) is 15.0 Å². The van der Waals surface area contributed by atoms with E-state index in [0.717, 1.165) is 42.9 Å². The van der Waals surface area contributed by atoms with E-state index in [4.69, 9.17) is 16.6 Å². The van der Waals surface area contributed by atoms with Crippen LogP contribution in [0.4, 0.5) is 22.0 Å². The van der Waals surface area contributed by atoms with Crippen molar-refractivity contribution in [2.75, 3.05) is 28.2 Å². The highest BCUT2D eigenvalue weighted by molar-refractivity contribution is 6.30. The zero-order valence-electron chi connectivity index (χ0n) is 15.6. The summed E-state index contributed by atoms with van der Waals surface area (Å²) in [7, 11) is 0. The fraction of sp³-hybridized carbons (Fsp3) is 0.238. The SMILES string of the molecule is O=C(Nc1cccnc1)N1c2nc(-c3cncc(Cl)c3)ccc2N2CCC[C@H]1C2. The molecule has 0 spiro atoms. The molecular formula is C21H19ClN6O. The first kappa shape index (κ1) is 17.9. The van der Waals surface area contributed by atoms with Crippen molar-refractivity contribution in [2.24, 2.45) is 0 Å². The van der Waals surface area contributed by atoms with Gasteiger partial charge in [0.1, 0.15) is 0 Å². The Kier molecular flexibility index (Phi) is 4.52.